The highest BCUT2D eigenvalue weighted by Crippen LogP contribution is 2.17. The van der Waals surface area contributed by atoms with Gasteiger partial charge in [0, 0.05) is 18.6 Å². The zero-order valence-corrected chi connectivity index (χ0v) is 13.0. The maximum Gasteiger partial charge on any atom is 0.305 e. The van der Waals surface area contributed by atoms with Crippen LogP contribution >= 0.6 is 0 Å². The molecule has 0 aliphatic rings. The molecule has 0 aromatic heterocycles. The Morgan fingerprint density at radius 1 is 1.09 bits per heavy atom. The number of carbonyl (C=O) groups is 1. The average Bonchev–Trinajstić information content (AvgIpc) is 2.50. The number of esters is 1. The van der Waals surface area contributed by atoms with Gasteiger partial charge in [0.2, 0.25) is 0 Å². The molecule has 0 unspecified atom stereocenters. The van der Waals surface area contributed by atoms with Crippen molar-refractivity contribution in [3.63, 3.8) is 0 Å². The van der Waals surface area contributed by atoms with E-state index in [4.69, 9.17) is 9.47 Å². The molecule has 0 amide bonds. The second-order valence-electron chi connectivity index (χ2n) is 4.92. The minimum atomic E-state index is -0.430. The van der Waals surface area contributed by atoms with Crippen molar-refractivity contribution in [3.05, 3.63) is 34.4 Å². The highest BCUT2D eigenvalue weighted by molar-refractivity contribution is 5.69. The summed E-state index contributed by atoms with van der Waals surface area (Å²) in [6.45, 7) is 2.84. The van der Waals surface area contributed by atoms with Gasteiger partial charge in [0.1, 0.15) is 5.75 Å². The van der Waals surface area contributed by atoms with E-state index in [0.717, 1.165) is 32.1 Å². The lowest BCUT2D eigenvalue weighted by molar-refractivity contribution is -0.384. The van der Waals surface area contributed by atoms with Gasteiger partial charge in [-0.1, -0.05) is 19.3 Å². The standard InChI is InChI=1S/C16H23NO5/c1-2-21-16(18)8-6-4-3-5-7-13-22-15-11-9-14(10-12-15)17(19)20/h9-12H,2-8,13H2,1H3. The van der Waals surface area contributed by atoms with Crippen LogP contribution in [-0.4, -0.2) is 24.1 Å². The Hall–Kier alpha value is -2.11. The van der Waals surface area contributed by atoms with Gasteiger partial charge in [0.25, 0.3) is 5.69 Å². The number of unbranched alkanes of at least 4 members (excludes halogenated alkanes) is 4. The largest absolute Gasteiger partial charge is 0.494 e. The van der Waals surface area contributed by atoms with E-state index in [1.165, 1.54) is 12.1 Å². The number of hydrogen-bond donors (Lipinski definition) is 0. The molecule has 0 aliphatic heterocycles. The fourth-order valence-corrected chi connectivity index (χ4v) is 1.99. The highest BCUT2D eigenvalue weighted by atomic mass is 16.6. The van der Waals surface area contributed by atoms with Crippen LogP contribution in [0.4, 0.5) is 5.69 Å². The Morgan fingerprint density at radius 3 is 2.36 bits per heavy atom. The van der Waals surface area contributed by atoms with E-state index in [1.54, 1.807) is 12.1 Å². The van der Waals surface area contributed by atoms with Crippen molar-refractivity contribution < 1.29 is 19.2 Å². The van der Waals surface area contributed by atoms with Crippen LogP contribution in [0.2, 0.25) is 0 Å². The fourth-order valence-electron chi connectivity index (χ4n) is 1.99. The molecule has 0 bridgehead atoms. The lowest BCUT2D eigenvalue weighted by atomic mass is 10.1. The summed E-state index contributed by atoms with van der Waals surface area (Å²) >= 11 is 0. The molecule has 0 heterocycles. The zero-order valence-electron chi connectivity index (χ0n) is 13.0. The number of nitro groups is 1. The minimum absolute atomic E-state index is 0.0638. The van der Waals surface area contributed by atoms with Gasteiger partial charge in [0.15, 0.2) is 0 Å². The van der Waals surface area contributed by atoms with Gasteiger partial charge in [-0.2, -0.15) is 0 Å². The lowest BCUT2D eigenvalue weighted by Crippen LogP contribution is -2.03. The molecule has 6 heteroatoms. The summed E-state index contributed by atoms with van der Waals surface area (Å²) in [5.41, 5.74) is 0.0638. The molecule has 0 saturated heterocycles. The number of nitrogens with zero attached hydrogens (tertiary/aromatic N) is 1. The molecule has 0 fully saturated rings. The molecule has 22 heavy (non-hydrogen) atoms. The molecule has 0 saturated carbocycles. The van der Waals surface area contributed by atoms with Crippen molar-refractivity contribution in [1.29, 1.82) is 0 Å². The van der Waals surface area contributed by atoms with E-state index >= 15 is 0 Å². The van der Waals surface area contributed by atoms with E-state index < -0.39 is 4.92 Å². The fraction of sp³-hybridized carbons (Fsp3) is 0.562. The number of carbonyl (C=O) groups excluding carboxylic acids is 1. The first-order valence-electron chi connectivity index (χ1n) is 7.66. The molecule has 1 aromatic carbocycles. The first-order chi connectivity index (χ1) is 10.6. The number of hydrogen-bond acceptors (Lipinski definition) is 5. The summed E-state index contributed by atoms with van der Waals surface area (Å²) in [6.07, 6.45) is 5.39. The molecular weight excluding hydrogens is 286 g/mol. The minimum Gasteiger partial charge on any atom is -0.494 e. The van der Waals surface area contributed by atoms with Crippen molar-refractivity contribution in [2.45, 2.75) is 45.4 Å². The summed E-state index contributed by atoms with van der Waals surface area (Å²) in [5.74, 6) is 0.525. The predicted octanol–water partition coefficient (Wildman–Crippen LogP) is 3.88. The van der Waals surface area contributed by atoms with Gasteiger partial charge < -0.3 is 9.47 Å². The number of benzene rings is 1. The van der Waals surface area contributed by atoms with Crippen molar-refractivity contribution in [2.24, 2.45) is 0 Å². The van der Waals surface area contributed by atoms with Gasteiger partial charge in [-0.15, -0.1) is 0 Å². The van der Waals surface area contributed by atoms with Crippen LogP contribution in [0.15, 0.2) is 24.3 Å². The van der Waals surface area contributed by atoms with Crippen molar-refractivity contribution in [2.75, 3.05) is 13.2 Å². The summed E-state index contributed by atoms with van der Waals surface area (Å²) in [6, 6.07) is 6.09. The number of ether oxygens (including phenoxy) is 2. The summed E-state index contributed by atoms with van der Waals surface area (Å²) < 4.78 is 10.4. The predicted molar refractivity (Wildman–Crippen MR) is 82.9 cm³/mol. The Morgan fingerprint density at radius 2 is 1.73 bits per heavy atom. The van der Waals surface area contributed by atoms with Crippen LogP contribution in [0.25, 0.3) is 0 Å². The Labute approximate surface area is 130 Å². The lowest BCUT2D eigenvalue weighted by Gasteiger charge is -2.06. The second kappa shape index (κ2) is 10.6. The Kier molecular flexibility index (Phi) is 8.64. The van der Waals surface area contributed by atoms with Crippen LogP contribution in [0.3, 0.4) is 0 Å². The third kappa shape index (κ3) is 7.61. The molecule has 1 rings (SSSR count). The van der Waals surface area contributed by atoms with Gasteiger partial charge in [-0.25, -0.2) is 0 Å². The van der Waals surface area contributed by atoms with E-state index in [-0.39, 0.29) is 11.7 Å². The van der Waals surface area contributed by atoms with E-state index in [0.29, 0.717) is 25.4 Å². The summed E-state index contributed by atoms with van der Waals surface area (Å²) in [7, 11) is 0. The van der Waals surface area contributed by atoms with Gasteiger partial charge in [-0.3, -0.25) is 14.9 Å². The molecule has 0 atom stereocenters. The second-order valence-corrected chi connectivity index (χ2v) is 4.92. The zero-order chi connectivity index (χ0) is 16.2. The van der Waals surface area contributed by atoms with Crippen molar-refractivity contribution in [1.82, 2.24) is 0 Å². The molecule has 122 valence electrons. The first-order valence-corrected chi connectivity index (χ1v) is 7.66. The normalized spacial score (nSPS) is 10.2. The number of rotatable bonds is 11. The molecular formula is C16H23NO5. The topological polar surface area (TPSA) is 78.7 Å². The molecule has 6 nitrogen and oxygen atoms in total. The van der Waals surface area contributed by atoms with Gasteiger partial charge in [-0.05, 0) is 31.9 Å². The van der Waals surface area contributed by atoms with Gasteiger partial charge >= 0.3 is 5.97 Å². The summed E-state index contributed by atoms with van der Waals surface area (Å²) in [5, 5.41) is 10.5. The third-order valence-corrected chi connectivity index (χ3v) is 3.15. The maximum absolute atomic E-state index is 11.1. The van der Waals surface area contributed by atoms with E-state index in [1.807, 2.05) is 6.92 Å². The maximum atomic E-state index is 11.1. The van der Waals surface area contributed by atoms with Crippen LogP contribution in [0, 0.1) is 10.1 Å². The number of nitro benzene ring substituents is 1. The number of non-ortho nitro benzene ring substituents is 1. The van der Waals surface area contributed by atoms with Crippen LogP contribution in [-0.2, 0) is 9.53 Å². The third-order valence-electron chi connectivity index (χ3n) is 3.15. The molecule has 0 radical (unpaired) electrons. The SMILES string of the molecule is CCOC(=O)CCCCCCCOc1ccc([N+](=O)[O-])cc1. The van der Waals surface area contributed by atoms with Crippen molar-refractivity contribution in [3.8, 4) is 5.75 Å². The molecule has 0 N–H and O–H groups in total. The Balaban J connectivity index is 2.01. The molecule has 0 aliphatic carbocycles. The van der Waals surface area contributed by atoms with Gasteiger partial charge in [0.05, 0.1) is 18.1 Å². The first kappa shape index (κ1) is 17.9. The average molecular weight is 309 g/mol. The molecule has 1 aromatic rings. The smallest absolute Gasteiger partial charge is 0.305 e. The molecule has 0 spiro atoms. The van der Waals surface area contributed by atoms with E-state index in [2.05, 4.69) is 0 Å². The van der Waals surface area contributed by atoms with Crippen molar-refractivity contribution >= 4 is 11.7 Å². The quantitative estimate of drug-likeness (QED) is 0.268. The van der Waals surface area contributed by atoms with Crippen LogP contribution in [0.1, 0.15) is 45.4 Å². The van der Waals surface area contributed by atoms with Crippen LogP contribution in [0.5, 0.6) is 5.75 Å². The highest BCUT2D eigenvalue weighted by Gasteiger charge is 2.04. The monoisotopic (exact) mass is 309 g/mol. The summed E-state index contributed by atoms with van der Waals surface area (Å²) in [4.78, 5) is 21.2. The Bertz CT molecular complexity index is 458. The van der Waals surface area contributed by atoms with Crippen LogP contribution < -0.4 is 4.74 Å². The van der Waals surface area contributed by atoms with E-state index in [9.17, 15) is 14.9 Å².